The van der Waals surface area contributed by atoms with Gasteiger partial charge in [-0.25, -0.2) is 0 Å². The van der Waals surface area contributed by atoms with E-state index in [1.807, 2.05) is 12.3 Å². The summed E-state index contributed by atoms with van der Waals surface area (Å²) >= 11 is 0. The number of benzene rings is 1. The van der Waals surface area contributed by atoms with Crippen LogP contribution in [0.5, 0.6) is 0 Å². The fraction of sp³-hybridized carbons (Fsp3) is 0.308. The molecule has 3 heteroatoms. The Labute approximate surface area is 95.9 Å². The van der Waals surface area contributed by atoms with Crippen LogP contribution in [-0.2, 0) is 0 Å². The SMILES string of the molecule is Cc1cccc2c(N(C)CCN)ccnc12. The monoisotopic (exact) mass is 215 g/mol. The second-order valence-corrected chi connectivity index (χ2v) is 4.01. The molecule has 0 saturated heterocycles. The maximum Gasteiger partial charge on any atom is 0.0751 e. The fourth-order valence-corrected chi connectivity index (χ4v) is 1.96. The number of nitrogens with zero attached hydrogens (tertiary/aromatic N) is 2. The van der Waals surface area contributed by atoms with Gasteiger partial charge in [0.1, 0.15) is 0 Å². The van der Waals surface area contributed by atoms with Crippen molar-refractivity contribution in [1.82, 2.24) is 4.98 Å². The second-order valence-electron chi connectivity index (χ2n) is 4.01. The minimum atomic E-state index is 0.659. The molecule has 0 aliphatic heterocycles. The number of hydrogen-bond donors (Lipinski definition) is 1. The number of nitrogens with two attached hydrogens (primary N) is 1. The molecule has 0 spiro atoms. The van der Waals surface area contributed by atoms with Gasteiger partial charge in [0.2, 0.25) is 0 Å². The predicted octanol–water partition coefficient (Wildman–Crippen LogP) is 1.94. The molecule has 0 aliphatic carbocycles. The molecule has 0 bridgehead atoms. The Balaban J connectivity index is 2.58. The number of hydrogen-bond acceptors (Lipinski definition) is 3. The van der Waals surface area contributed by atoms with Crippen molar-refractivity contribution in [3.63, 3.8) is 0 Å². The van der Waals surface area contributed by atoms with Crippen LogP contribution < -0.4 is 10.6 Å². The fourth-order valence-electron chi connectivity index (χ4n) is 1.96. The van der Waals surface area contributed by atoms with E-state index >= 15 is 0 Å². The van der Waals surface area contributed by atoms with Gasteiger partial charge < -0.3 is 10.6 Å². The Morgan fingerprint density at radius 3 is 2.88 bits per heavy atom. The normalized spacial score (nSPS) is 10.7. The summed E-state index contributed by atoms with van der Waals surface area (Å²) in [6.45, 7) is 3.60. The predicted molar refractivity (Wildman–Crippen MR) is 68.8 cm³/mol. The number of rotatable bonds is 3. The van der Waals surface area contributed by atoms with Crippen LogP contribution in [0.2, 0.25) is 0 Å². The van der Waals surface area contributed by atoms with Crippen molar-refractivity contribution in [3.05, 3.63) is 36.0 Å². The molecule has 1 heterocycles. The first kappa shape index (κ1) is 10.9. The van der Waals surface area contributed by atoms with E-state index in [1.54, 1.807) is 0 Å². The number of anilines is 1. The topological polar surface area (TPSA) is 42.1 Å². The van der Waals surface area contributed by atoms with E-state index in [1.165, 1.54) is 16.6 Å². The third kappa shape index (κ3) is 1.86. The van der Waals surface area contributed by atoms with Crippen molar-refractivity contribution in [1.29, 1.82) is 0 Å². The molecular formula is C13H17N3. The van der Waals surface area contributed by atoms with E-state index in [0.717, 1.165) is 12.1 Å². The lowest BCUT2D eigenvalue weighted by atomic mass is 10.1. The number of para-hydroxylation sites is 1. The molecule has 16 heavy (non-hydrogen) atoms. The highest BCUT2D eigenvalue weighted by molar-refractivity contribution is 5.93. The molecule has 0 amide bonds. The Morgan fingerprint density at radius 2 is 2.12 bits per heavy atom. The van der Waals surface area contributed by atoms with Gasteiger partial charge in [-0.1, -0.05) is 18.2 Å². The van der Waals surface area contributed by atoms with E-state index in [-0.39, 0.29) is 0 Å². The number of likely N-dealkylation sites (N-methyl/N-ethyl adjacent to an activating group) is 1. The number of pyridine rings is 1. The van der Waals surface area contributed by atoms with E-state index in [2.05, 4.69) is 42.1 Å². The zero-order valence-corrected chi connectivity index (χ0v) is 9.77. The summed E-state index contributed by atoms with van der Waals surface area (Å²) in [5.41, 5.74) is 9.06. The lowest BCUT2D eigenvalue weighted by molar-refractivity contribution is 0.888. The standard InChI is InChI=1S/C13H17N3/c1-10-4-3-5-11-12(16(2)9-7-14)6-8-15-13(10)11/h3-6,8H,7,9,14H2,1-2H3. The summed E-state index contributed by atoms with van der Waals surface area (Å²) < 4.78 is 0. The summed E-state index contributed by atoms with van der Waals surface area (Å²) in [6, 6.07) is 8.30. The smallest absolute Gasteiger partial charge is 0.0751 e. The highest BCUT2D eigenvalue weighted by Crippen LogP contribution is 2.25. The summed E-state index contributed by atoms with van der Waals surface area (Å²) in [5, 5.41) is 1.19. The lowest BCUT2D eigenvalue weighted by Gasteiger charge is -2.20. The van der Waals surface area contributed by atoms with Crippen molar-refractivity contribution in [2.45, 2.75) is 6.92 Å². The zero-order chi connectivity index (χ0) is 11.5. The second kappa shape index (κ2) is 4.49. The number of aromatic nitrogens is 1. The average Bonchev–Trinajstić information content (AvgIpc) is 2.29. The molecule has 84 valence electrons. The van der Waals surface area contributed by atoms with Gasteiger partial charge in [-0.15, -0.1) is 0 Å². The van der Waals surface area contributed by atoms with Gasteiger partial charge in [-0.05, 0) is 18.6 Å². The van der Waals surface area contributed by atoms with Gasteiger partial charge >= 0.3 is 0 Å². The first-order valence-corrected chi connectivity index (χ1v) is 5.49. The van der Waals surface area contributed by atoms with Crippen LogP contribution in [0.15, 0.2) is 30.5 Å². The summed E-state index contributed by atoms with van der Waals surface area (Å²) in [4.78, 5) is 6.60. The molecule has 2 N–H and O–H groups in total. The first-order chi connectivity index (χ1) is 7.74. The van der Waals surface area contributed by atoms with Crippen molar-refractivity contribution >= 4 is 16.6 Å². The average molecular weight is 215 g/mol. The summed E-state index contributed by atoms with van der Waals surface area (Å²) in [7, 11) is 2.06. The van der Waals surface area contributed by atoms with Crippen LogP contribution in [0.4, 0.5) is 5.69 Å². The molecule has 3 nitrogen and oxygen atoms in total. The van der Waals surface area contributed by atoms with Gasteiger partial charge in [0.15, 0.2) is 0 Å². The van der Waals surface area contributed by atoms with Crippen LogP contribution in [0.1, 0.15) is 5.56 Å². The first-order valence-electron chi connectivity index (χ1n) is 5.49. The van der Waals surface area contributed by atoms with Crippen LogP contribution in [0, 0.1) is 6.92 Å². The number of aryl methyl sites for hydroxylation is 1. The highest BCUT2D eigenvalue weighted by atomic mass is 15.1. The van der Waals surface area contributed by atoms with Crippen LogP contribution in [-0.4, -0.2) is 25.1 Å². The van der Waals surface area contributed by atoms with E-state index < -0.39 is 0 Å². The molecule has 2 aromatic rings. The molecule has 0 aliphatic rings. The third-order valence-corrected chi connectivity index (χ3v) is 2.83. The van der Waals surface area contributed by atoms with E-state index in [0.29, 0.717) is 6.54 Å². The Kier molecular flexibility index (Phi) is 3.06. The minimum absolute atomic E-state index is 0.659. The van der Waals surface area contributed by atoms with Gasteiger partial charge in [-0.2, -0.15) is 0 Å². The van der Waals surface area contributed by atoms with Gasteiger partial charge in [0.25, 0.3) is 0 Å². The van der Waals surface area contributed by atoms with E-state index in [9.17, 15) is 0 Å². The van der Waals surface area contributed by atoms with Crippen molar-refractivity contribution in [2.75, 3.05) is 25.0 Å². The molecule has 1 aromatic carbocycles. The molecule has 0 saturated carbocycles. The third-order valence-electron chi connectivity index (χ3n) is 2.83. The van der Waals surface area contributed by atoms with Crippen molar-refractivity contribution < 1.29 is 0 Å². The van der Waals surface area contributed by atoms with E-state index in [4.69, 9.17) is 5.73 Å². The maximum absolute atomic E-state index is 5.58. The molecule has 2 rings (SSSR count). The van der Waals surface area contributed by atoms with Crippen LogP contribution >= 0.6 is 0 Å². The lowest BCUT2D eigenvalue weighted by Crippen LogP contribution is -2.25. The minimum Gasteiger partial charge on any atom is -0.373 e. The highest BCUT2D eigenvalue weighted by Gasteiger charge is 2.06. The Morgan fingerprint density at radius 1 is 1.31 bits per heavy atom. The molecule has 0 atom stereocenters. The maximum atomic E-state index is 5.58. The van der Waals surface area contributed by atoms with Gasteiger partial charge in [0.05, 0.1) is 5.52 Å². The quantitative estimate of drug-likeness (QED) is 0.850. The molecule has 0 fully saturated rings. The van der Waals surface area contributed by atoms with Gasteiger partial charge in [-0.3, -0.25) is 4.98 Å². The Hall–Kier alpha value is -1.61. The number of fused-ring (bicyclic) bond motifs is 1. The molecule has 1 aromatic heterocycles. The molecule has 0 radical (unpaired) electrons. The molecule has 0 unspecified atom stereocenters. The zero-order valence-electron chi connectivity index (χ0n) is 9.77. The Bertz CT molecular complexity index is 494. The summed E-state index contributed by atoms with van der Waals surface area (Å²) in [6.07, 6.45) is 1.86. The largest absolute Gasteiger partial charge is 0.373 e. The van der Waals surface area contributed by atoms with Crippen LogP contribution in [0.25, 0.3) is 10.9 Å². The van der Waals surface area contributed by atoms with Crippen molar-refractivity contribution in [3.8, 4) is 0 Å². The van der Waals surface area contributed by atoms with Gasteiger partial charge in [0, 0.05) is 37.4 Å². The van der Waals surface area contributed by atoms with Crippen molar-refractivity contribution in [2.24, 2.45) is 5.73 Å². The molecular weight excluding hydrogens is 198 g/mol. The summed E-state index contributed by atoms with van der Waals surface area (Å²) in [5.74, 6) is 0. The van der Waals surface area contributed by atoms with Crippen LogP contribution in [0.3, 0.4) is 0 Å².